The van der Waals surface area contributed by atoms with Gasteiger partial charge in [-0.05, 0) is 18.3 Å². The van der Waals surface area contributed by atoms with Crippen molar-refractivity contribution >= 4 is 38.8 Å². The van der Waals surface area contributed by atoms with Crippen molar-refractivity contribution in [3.63, 3.8) is 0 Å². The number of halogens is 1. The summed E-state index contributed by atoms with van der Waals surface area (Å²) in [5.41, 5.74) is 0.0310. The largest absolute Gasteiger partial charge is 0.288 e. The number of rotatable bonds is 5. The van der Waals surface area contributed by atoms with Gasteiger partial charge in [-0.2, -0.15) is 0 Å². The molecule has 0 N–H and O–H groups in total. The summed E-state index contributed by atoms with van der Waals surface area (Å²) in [4.78, 5) is 24.8. The number of thioether (sulfide) groups is 1. The van der Waals surface area contributed by atoms with Gasteiger partial charge in [0.2, 0.25) is 5.91 Å². The lowest BCUT2D eigenvalue weighted by atomic mass is 9.84. The molecule has 1 rings (SSSR count). The number of hydrogen-bond acceptors (Lipinski definition) is 3. The summed E-state index contributed by atoms with van der Waals surface area (Å²) >= 11 is 4.76. The van der Waals surface area contributed by atoms with Crippen molar-refractivity contribution in [1.29, 1.82) is 0 Å². The van der Waals surface area contributed by atoms with Gasteiger partial charge in [-0.3, -0.25) is 14.5 Å². The highest BCUT2D eigenvalue weighted by Crippen LogP contribution is 2.32. The Balaban J connectivity index is 2.76. The van der Waals surface area contributed by atoms with Gasteiger partial charge >= 0.3 is 0 Å². The third-order valence-electron chi connectivity index (χ3n) is 3.34. The zero-order valence-electron chi connectivity index (χ0n) is 9.79. The molecule has 1 fully saturated rings. The number of alkyl halides is 1. The Morgan fingerprint density at radius 1 is 1.38 bits per heavy atom. The van der Waals surface area contributed by atoms with Crippen molar-refractivity contribution < 1.29 is 9.59 Å². The number of imide groups is 1. The van der Waals surface area contributed by atoms with Crippen LogP contribution in [-0.2, 0) is 4.79 Å². The predicted octanol–water partition coefficient (Wildman–Crippen LogP) is 3.27. The van der Waals surface area contributed by atoms with Crippen LogP contribution in [0.3, 0.4) is 0 Å². The molecule has 1 saturated heterocycles. The van der Waals surface area contributed by atoms with Crippen molar-refractivity contribution in [2.24, 2.45) is 5.41 Å². The van der Waals surface area contributed by atoms with Crippen molar-refractivity contribution in [2.45, 2.75) is 33.1 Å². The Kier molecular flexibility index (Phi) is 5.31. The standard InChI is InChI=1S/C11H18BrNO2S/c1-3-11(4-2,7-12)8-13-9(14)5-6-16-10(13)15/h3-8H2,1-2H3. The number of amides is 2. The van der Waals surface area contributed by atoms with Gasteiger partial charge in [0.25, 0.3) is 5.24 Å². The molecule has 0 unspecified atom stereocenters. The summed E-state index contributed by atoms with van der Waals surface area (Å²) in [5.74, 6) is 0.615. The Labute approximate surface area is 109 Å². The number of nitrogens with zero attached hydrogens (tertiary/aromatic N) is 1. The van der Waals surface area contributed by atoms with Crippen LogP contribution in [0, 0.1) is 5.41 Å². The molecule has 2 amide bonds. The van der Waals surface area contributed by atoms with Gasteiger partial charge in [0, 0.05) is 24.0 Å². The summed E-state index contributed by atoms with van der Waals surface area (Å²) in [6.45, 7) is 4.77. The van der Waals surface area contributed by atoms with Gasteiger partial charge in [-0.1, -0.05) is 41.5 Å². The Bertz CT molecular complexity index is 255. The highest BCUT2D eigenvalue weighted by Gasteiger charge is 2.34. The second-order valence-electron chi connectivity index (χ2n) is 4.18. The van der Waals surface area contributed by atoms with Crippen LogP contribution in [0.5, 0.6) is 0 Å². The lowest BCUT2D eigenvalue weighted by molar-refractivity contribution is -0.128. The van der Waals surface area contributed by atoms with Gasteiger partial charge in [-0.15, -0.1) is 0 Å². The topological polar surface area (TPSA) is 37.4 Å². The van der Waals surface area contributed by atoms with E-state index in [1.54, 1.807) is 0 Å². The molecule has 3 nitrogen and oxygen atoms in total. The van der Waals surface area contributed by atoms with E-state index in [1.807, 2.05) is 0 Å². The monoisotopic (exact) mass is 307 g/mol. The Hall–Kier alpha value is -0.0300. The third-order valence-corrected chi connectivity index (χ3v) is 5.40. The minimum Gasteiger partial charge on any atom is -0.274 e. The highest BCUT2D eigenvalue weighted by atomic mass is 79.9. The van der Waals surface area contributed by atoms with Crippen LogP contribution in [0.2, 0.25) is 0 Å². The maximum absolute atomic E-state index is 11.7. The maximum atomic E-state index is 11.7. The lowest BCUT2D eigenvalue weighted by Gasteiger charge is -2.36. The molecule has 1 aliphatic heterocycles. The molecule has 0 aromatic carbocycles. The van der Waals surface area contributed by atoms with E-state index in [9.17, 15) is 9.59 Å². The van der Waals surface area contributed by atoms with Crippen molar-refractivity contribution in [3.8, 4) is 0 Å². The minimum absolute atomic E-state index is 0.0176. The molecule has 92 valence electrons. The SMILES string of the molecule is CCC(CC)(CBr)CN1C(=O)CCSC1=O. The van der Waals surface area contributed by atoms with Crippen LogP contribution in [0.15, 0.2) is 0 Å². The first-order valence-corrected chi connectivity index (χ1v) is 7.72. The first-order chi connectivity index (χ1) is 7.58. The summed E-state index contributed by atoms with van der Waals surface area (Å²) in [6, 6.07) is 0. The van der Waals surface area contributed by atoms with E-state index in [2.05, 4.69) is 29.8 Å². The zero-order valence-corrected chi connectivity index (χ0v) is 12.2. The van der Waals surface area contributed by atoms with Crippen LogP contribution < -0.4 is 0 Å². The average Bonchev–Trinajstić information content (AvgIpc) is 2.30. The van der Waals surface area contributed by atoms with E-state index in [1.165, 1.54) is 16.7 Å². The molecule has 0 spiro atoms. The van der Waals surface area contributed by atoms with E-state index >= 15 is 0 Å². The van der Waals surface area contributed by atoms with Gasteiger partial charge in [0.1, 0.15) is 0 Å². The molecule has 0 bridgehead atoms. The van der Waals surface area contributed by atoms with Crippen molar-refractivity contribution in [1.82, 2.24) is 4.90 Å². The fourth-order valence-electron chi connectivity index (χ4n) is 1.73. The van der Waals surface area contributed by atoms with E-state index in [0.717, 1.165) is 18.2 Å². The van der Waals surface area contributed by atoms with E-state index < -0.39 is 0 Å². The summed E-state index contributed by atoms with van der Waals surface area (Å²) in [5, 5.41) is 0.748. The molecule has 0 aromatic heterocycles. The minimum atomic E-state index is -0.0801. The number of carbonyl (C=O) groups excluding carboxylic acids is 2. The smallest absolute Gasteiger partial charge is 0.274 e. The van der Waals surface area contributed by atoms with Gasteiger partial charge in [-0.25, -0.2) is 0 Å². The van der Waals surface area contributed by atoms with Gasteiger partial charge in [0.05, 0.1) is 0 Å². The van der Waals surface area contributed by atoms with Crippen LogP contribution in [0.25, 0.3) is 0 Å². The molecule has 16 heavy (non-hydrogen) atoms. The fourth-order valence-corrected chi connectivity index (χ4v) is 3.48. The third kappa shape index (κ3) is 3.00. The van der Waals surface area contributed by atoms with Crippen LogP contribution in [-0.4, -0.2) is 33.7 Å². The van der Waals surface area contributed by atoms with E-state index in [4.69, 9.17) is 0 Å². The molecule has 0 saturated carbocycles. The Morgan fingerprint density at radius 3 is 2.44 bits per heavy atom. The fraction of sp³-hybridized carbons (Fsp3) is 0.818. The molecular formula is C11H18BrNO2S. The molecular weight excluding hydrogens is 290 g/mol. The molecule has 1 heterocycles. The van der Waals surface area contributed by atoms with Crippen molar-refractivity contribution in [3.05, 3.63) is 0 Å². The molecule has 0 radical (unpaired) electrons. The summed E-state index contributed by atoms with van der Waals surface area (Å²) in [7, 11) is 0. The Morgan fingerprint density at radius 2 is 2.00 bits per heavy atom. The summed E-state index contributed by atoms with van der Waals surface area (Å²) in [6.07, 6.45) is 2.43. The molecule has 5 heteroatoms. The van der Waals surface area contributed by atoms with E-state index in [-0.39, 0.29) is 16.6 Å². The highest BCUT2D eigenvalue weighted by molar-refractivity contribution is 9.09. The second-order valence-corrected chi connectivity index (χ2v) is 5.79. The van der Waals surface area contributed by atoms with Crippen LogP contribution in [0.4, 0.5) is 4.79 Å². The maximum Gasteiger partial charge on any atom is 0.288 e. The zero-order chi connectivity index (χ0) is 12.2. The van der Waals surface area contributed by atoms with Gasteiger partial charge < -0.3 is 0 Å². The quantitative estimate of drug-likeness (QED) is 0.732. The normalized spacial score (nSPS) is 18.1. The molecule has 0 aromatic rings. The first-order valence-electron chi connectivity index (χ1n) is 5.61. The van der Waals surface area contributed by atoms with E-state index in [0.29, 0.717) is 18.7 Å². The first kappa shape index (κ1) is 14.0. The lowest BCUT2D eigenvalue weighted by Crippen LogP contribution is -2.45. The number of hydrogen-bond donors (Lipinski definition) is 0. The van der Waals surface area contributed by atoms with Crippen LogP contribution >= 0.6 is 27.7 Å². The van der Waals surface area contributed by atoms with Crippen LogP contribution in [0.1, 0.15) is 33.1 Å². The molecule has 1 aliphatic rings. The number of carbonyl (C=O) groups is 2. The molecule has 0 atom stereocenters. The second kappa shape index (κ2) is 6.05. The predicted molar refractivity (Wildman–Crippen MR) is 71.0 cm³/mol. The average molecular weight is 308 g/mol. The molecule has 0 aliphatic carbocycles. The van der Waals surface area contributed by atoms with Crippen molar-refractivity contribution in [2.75, 3.05) is 17.6 Å². The van der Waals surface area contributed by atoms with Gasteiger partial charge in [0.15, 0.2) is 0 Å². The summed E-state index contributed by atoms with van der Waals surface area (Å²) < 4.78 is 0.